The largest absolute Gasteiger partial charge is 0.393 e. The van der Waals surface area contributed by atoms with E-state index in [-0.39, 0.29) is 0 Å². The fourth-order valence-electron chi connectivity index (χ4n) is 2.10. The van der Waals surface area contributed by atoms with Gasteiger partial charge in [-0.2, -0.15) is 0 Å². The molecule has 0 aromatic rings. The van der Waals surface area contributed by atoms with Crippen LogP contribution in [0.15, 0.2) is 0 Å². The maximum absolute atomic E-state index is 5.68. The van der Waals surface area contributed by atoms with Crippen LogP contribution >= 0.6 is 12.2 Å². The number of rotatable bonds is 5. The predicted octanol–water partition coefficient (Wildman–Crippen LogP) is 1.55. The summed E-state index contributed by atoms with van der Waals surface area (Å²) < 4.78 is 5.68. The van der Waals surface area contributed by atoms with Crippen LogP contribution in [0.1, 0.15) is 33.1 Å². The second kappa shape index (κ2) is 6.40. The lowest BCUT2D eigenvalue weighted by Crippen LogP contribution is -2.45. The standard InChI is InChI=1S/C11H22N2OS/c1-9-7-13(8-10(2)14-9)6-4-3-5-11(12)15/h9-10H,3-8H2,1-2H3,(H2,12,15). The summed E-state index contributed by atoms with van der Waals surface area (Å²) in [5.41, 5.74) is 5.45. The molecule has 3 nitrogen and oxygen atoms in total. The highest BCUT2D eigenvalue weighted by molar-refractivity contribution is 7.80. The molecule has 1 heterocycles. The van der Waals surface area contributed by atoms with E-state index in [1.54, 1.807) is 0 Å². The maximum atomic E-state index is 5.68. The van der Waals surface area contributed by atoms with Crippen molar-refractivity contribution in [2.75, 3.05) is 19.6 Å². The minimum absolute atomic E-state index is 0.365. The molecule has 1 rings (SSSR count). The number of morpholine rings is 1. The Morgan fingerprint density at radius 2 is 1.93 bits per heavy atom. The molecule has 0 aliphatic carbocycles. The van der Waals surface area contributed by atoms with E-state index < -0.39 is 0 Å². The van der Waals surface area contributed by atoms with Crippen LogP contribution in [0.25, 0.3) is 0 Å². The van der Waals surface area contributed by atoms with E-state index in [0.717, 1.165) is 32.5 Å². The highest BCUT2D eigenvalue weighted by Gasteiger charge is 2.21. The monoisotopic (exact) mass is 230 g/mol. The highest BCUT2D eigenvalue weighted by atomic mass is 32.1. The first kappa shape index (κ1) is 12.9. The zero-order valence-electron chi connectivity index (χ0n) is 9.74. The minimum atomic E-state index is 0.365. The molecule has 88 valence electrons. The van der Waals surface area contributed by atoms with E-state index >= 15 is 0 Å². The van der Waals surface area contributed by atoms with Gasteiger partial charge in [0.05, 0.1) is 17.2 Å². The molecule has 0 radical (unpaired) electrons. The van der Waals surface area contributed by atoms with Crippen molar-refractivity contribution in [3.8, 4) is 0 Å². The molecule has 1 aliphatic rings. The van der Waals surface area contributed by atoms with E-state index in [4.69, 9.17) is 22.7 Å². The Labute approximate surface area is 98.0 Å². The number of hydrogen-bond donors (Lipinski definition) is 1. The molecule has 0 amide bonds. The molecule has 1 saturated heterocycles. The van der Waals surface area contributed by atoms with Gasteiger partial charge in [-0.3, -0.25) is 4.90 Å². The Hall–Kier alpha value is -0.190. The van der Waals surface area contributed by atoms with Crippen LogP contribution in [0.2, 0.25) is 0 Å². The topological polar surface area (TPSA) is 38.5 Å². The molecule has 1 fully saturated rings. The van der Waals surface area contributed by atoms with Crippen LogP contribution in [0.4, 0.5) is 0 Å². The molecule has 0 bridgehead atoms. The van der Waals surface area contributed by atoms with Gasteiger partial charge in [-0.25, -0.2) is 0 Å². The summed E-state index contributed by atoms with van der Waals surface area (Å²) in [6, 6.07) is 0. The van der Waals surface area contributed by atoms with E-state index in [9.17, 15) is 0 Å². The quantitative estimate of drug-likeness (QED) is 0.574. The van der Waals surface area contributed by atoms with Crippen molar-refractivity contribution in [1.82, 2.24) is 4.90 Å². The van der Waals surface area contributed by atoms with E-state index in [1.165, 1.54) is 6.42 Å². The normalized spacial score (nSPS) is 27.9. The molecule has 0 spiro atoms. The van der Waals surface area contributed by atoms with Crippen molar-refractivity contribution in [3.05, 3.63) is 0 Å². The Bertz CT molecular complexity index is 201. The van der Waals surface area contributed by atoms with Gasteiger partial charge in [0.1, 0.15) is 0 Å². The van der Waals surface area contributed by atoms with Crippen molar-refractivity contribution < 1.29 is 4.74 Å². The van der Waals surface area contributed by atoms with Gasteiger partial charge in [0.25, 0.3) is 0 Å². The minimum Gasteiger partial charge on any atom is -0.393 e. The molecule has 0 saturated carbocycles. The molecule has 15 heavy (non-hydrogen) atoms. The van der Waals surface area contributed by atoms with Crippen molar-refractivity contribution >= 4 is 17.2 Å². The van der Waals surface area contributed by atoms with Gasteiger partial charge < -0.3 is 10.5 Å². The fraction of sp³-hybridized carbons (Fsp3) is 0.909. The van der Waals surface area contributed by atoms with Gasteiger partial charge in [0, 0.05) is 13.1 Å². The summed E-state index contributed by atoms with van der Waals surface area (Å²) in [5.74, 6) is 0. The number of hydrogen-bond acceptors (Lipinski definition) is 3. The Morgan fingerprint density at radius 1 is 1.33 bits per heavy atom. The van der Waals surface area contributed by atoms with Crippen LogP contribution in [0.5, 0.6) is 0 Å². The fourth-order valence-corrected chi connectivity index (χ4v) is 2.25. The molecular weight excluding hydrogens is 208 g/mol. The smallest absolute Gasteiger partial charge is 0.0727 e. The van der Waals surface area contributed by atoms with Crippen molar-refractivity contribution in [2.24, 2.45) is 5.73 Å². The molecule has 4 heteroatoms. The predicted molar refractivity (Wildman–Crippen MR) is 67.1 cm³/mol. The number of thiocarbonyl (C=S) groups is 1. The average molecular weight is 230 g/mol. The lowest BCUT2D eigenvalue weighted by atomic mass is 10.2. The number of nitrogens with two attached hydrogens (primary N) is 1. The van der Waals surface area contributed by atoms with E-state index in [0.29, 0.717) is 17.2 Å². The molecule has 1 aliphatic heterocycles. The van der Waals surface area contributed by atoms with Gasteiger partial charge in [0.15, 0.2) is 0 Å². The molecule has 2 unspecified atom stereocenters. The second-order valence-electron chi connectivity index (χ2n) is 4.44. The van der Waals surface area contributed by atoms with Crippen LogP contribution in [0, 0.1) is 0 Å². The zero-order valence-corrected chi connectivity index (χ0v) is 10.6. The van der Waals surface area contributed by atoms with Crippen LogP contribution in [-0.2, 0) is 4.74 Å². The van der Waals surface area contributed by atoms with E-state index in [2.05, 4.69) is 18.7 Å². The molecule has 2 N–H and O–H groups in total. The molecular formula is C11H22N2OS. The Morgan fingerprint density at radius 3 is 2.47 bits per heavy atom. The van der Waals surface area contributed by atoms with Gasteiger partial charge in [0.2, 0.25) is 0 Å². The maximum Gasteiger partial charge on any atom is 0.0727 e. The summed E-state index contributed by atoms with van der Waals surface area (Å²) in [4.78, 5) is 3.11. The summed E-state index contributed by atoms with van der Waals surface area (Å²) in [6.45, 7) is 7.52. The number of nitrogens with zero attached hydrogens (tertiary/aromatic N) is 1. The average Bonchev–Trinajstić information content (AvgIpc) is 2.10. The highest BCUT2D eigenvalue weighted by Crippen LogP contribution is 2.11. The van der Waals surface area contributed by atoms with Crippen LogP contribution < -0.4 is 5.73 Å². The first-order valence-electron chi connectivity index (χ1n) is 5.74. The van der Waals surface area contributed by atoms with Crippen molar-refractivity contribution in [1.29, 1.82) is 0 Å². The molecule has 0 aromatic carbocycles. The second-order valence-corrected chi connectivity index (χ2v) is 4.96. The SMILES string of the molecule is CC1CN(CCCCC(N)=S)CC(C)O1. The van der Waals surface area contributed by atoms with Crippen molar-refractivity contribution in [3.63, 3.8) is 0 Å². The first-order chi connectivity index (χ1) is 7.08. The first-order valence-corrected chi connectivity index (χ1v) is 6.15. The van der Waals surface area contributed by atoms with Crippen molar-refractivity contribution in [2.45, 2.75) is 45.3 Å². The third-order valence-electron chi connectivity index (χ3n) is 2.64. The Kier molecular flexibility index (Phi) is 5.50. The number of unbranched alkanes of at least 4 members (excludes halogenated alkanes) is 1. The number of ether oxygens (including phenoxy) is 1. The third-order valence-corrected chi connectivity index (χ3v) is 2.85. The summed E-state index contributed by atoms with van der Waals surface area (Å²) in [6.07, 6.45) is 3.89. The third kappa shape index (κ3) is 5.44. The molecule has 2 atom stereocenters. The van der Waals surface area contributed by atoms with Gasteiger partial charge in [-0.05, 0) is 39.7 Å². The zero-order chi connectivity index (χ0) is 11.3. The van der Waals surface area contributed by atoms with Crippen LogP contribution in [-0.4, -0.2) is 41.7 Å². The van der Waals surface area contributed by atoms with Crippen LogP contribution in [0.3, 0.4) is 0 Å². The van der Waals surface area contributed by atoms with Gasteiger partial charge in [-0.1, -0.05) is 12.2 Å². The summed E-state index contributed by atoms with van der Waals surface area (Å²) in [5, 5.41) is 0. The lowest BCUT2D eigenvalue weighted by molar-refractivity contribution is -0.0681. The summed E-state index contributed by atoms with van der Waals surface area (Å²) >= 11 is 4.85. The van der Waals surface area contributed by atoms with E-state index in [1.807, 2.05) is 0 Å². The summed E-state index contributed by atoms with van der Waals surface area (Å²) in [7, 11) is 0. The van der Waals surface area contributed by atoms with Gasteiger partial charge in [-0.15, -0.1) is 0 Å². The Balaban J connectivity index is 2.12. The molecule has 0 aromatic heterocycles. The lowest BCUT2D eigenvalue weighted by Gasteiger charge is -2.35. The van der Waals surface area contributed by atoms with Gasteiger partial charge >= 0.3 is 0 Å².